The molecule has 0 saturated heterocycles. The van der Waals surface area contributed by atoms with Crippen molar-refractivity contribution in [1.82, 2.24) is 10.2 Å². The minimum absolute atomic E-state index is 0.0173. The molecule has 0 fully saturated rings. The van der Waals surface area contributed by atoms with Gasteiger partial charge in [0.2, 0.25) is 5.91 Å². The Balaban J connectivity index is 2.36. The van der Waals surface area contributed by atoms with Gasteiger partial charge in [0, 0.05) is 32.1 Å². The fourth-order valence-corrected chi connectivity index (χ4v) is 2.92. The van der Waals surface area contributed by atoms with Crippen LogP contribution in [0.1, 0.15) is 31.4 Å². The molecular weight excluding hydrogens is 414 g/mol. The number of non-ortho nitro benzene ring substituents is 1. The van der Waals surface area contributed by atoms with Crippen LogP contribution in [-0.2, 0) is 25.7 Å². The van der Waals surface area contributed by atoms with Crippen molar-refractivity contribution in [3.05, 3.63) is 81.5 Å². The second kappa shape index (κ2) is 12.0. The molecule has 0 spiro atoms. The molecule has 0 bridgehead atoms. The van der Waals surface area contributed by atoms with Crippen LogP contribution < -0.4 is 5.32 Å². The van der Waals surface area contributed by atoms with Gasteiger partial charge in [0.05, 0.1) is 18.0 Å². The Hall–Kier alpha value is -4.01. The number of carbonyl (C=O) groups is 3. The molecule has 0 aromatic heterocycles. The Morgan fingerprint density at radius 1 is 1.12 bits per heavy atom. The Morgan fingerprint density at radius 3 is 2.47 bits per heavy atom. The normalized spacial score (nSPS) is 10.9. The molecule has 2 rings (SSSR count). The van der Waals surface area contributed by atoms with Crippen molar-refractivity contribution in [2.45, 2.75) is 26.8 Å². The van der Waals surface area contributed by atoms with Crippen LogP contribution in [0.25, 0.3) is 6.08 Å². The van der Waals surface area contributed by atoms with Gasteiger partial charge in [-0.1, -0.05) is 42.5 Å². The fourth-order valence-electron chi connectivity index (χ4n) is 2.92. The van der Waals surface area contributed by atoms with Gasteiger partial charge in [0.1, 0.15) is 5.70 Å². The number of ether oxygens (including phenoxy) is 1. The molecule has 0 saturated carbocycles. The third kappa shape index (κ3) is 7.67. The zero-order valence-electron chi connectivity index (χ0n) is 17.9. The van der Waals surface area contributed by atoms with Crippen LogP contribution >= 0.6 is 0 Å². The van der Waals surface area contributed by atoms with Gasteiger partial charge in [0.15, 0.2) is 0 Å². The van der Waals surface area contributed by atoms with Gasteiger partial charge in [-0.05, 0) is 24.1 Å². The fraction of sp³-hybridized carbons (Fsp3) is 0.261. The third-order valence-electron chi connectivity index (χ3n) is 4.33. The maximum absolute atomic E-state index is 13.3. The highest BCUT2D eigenvalue weighted by Crippen LogP contribution is 2.17. The largest absolute Gasteiger partial charge is 0.466 e. The van der Waals surface area contributed by atoms with Crippen LogP contribution in [0.15, 0.2) is 60.3 Å². The number of nitro benzene ring substituents is 1. The van der Waals surface area contributed by atoms with Gasteiger partial charge >= 0.3 is 5.97 Å². The lowest BCUT2D eigenvalue weighted by atomic mass is 10.1. The molecule has 2 amide bonds. The summed E-state index contributed by atoms with van der Waals surface area (Å²) in [5.41, 5.74) is 1.01. The Kier molecular flexibility index (Phi) is 9.09. The number of hydrogen-bond acceptors (Lipinski definition) is 6. The van der Waals surface area contributed by atoms with E-state index in [0.717, 1.165) is 5.56 Å². The van der Waals surface area contributed by atoms with Crippen LogP contribution in [0.3, 0.4) is 0 Å². The molecule has 168 valence electrons. The molecule has 0 unspecified atom stereocenters. The van der Waals surface area contributed by atoms with Gasteiger partial charge < -0.3 is 15.0 Å². The first-order valence-corrected chi connectivity index (χ1v) is 10.0. The average Bonchev–Trinajstić information content (AvgIpc) is 2.76. The number of hydrogen-bond donors (Lipinski definition) is 1. The molecule has 0 radical (unpaired) electrons. The van der Waals surface area contributed by atoms with Gasteiger partial charge in [-0.15, -0.1) is 0 Å². The van der Waals surface area contributed by atoms with Crippen molar-refractivity contribution in [2.24, 2.45) is 0 Å². The van der Waals surface area contributed by atoms with Crippen molar-refractivity contribution in [2.75, 3.05) is 13.2 Å². The predicted octanol–water partition coefficient (Wildman–Crippen LogP) is 3.05. The van der Waals surface area contributed by atoms with Gasteiger partial charge in [-0.2, -0.15) is 0 Å². The molecule has 32 heavy (non-hydrogen) atoms. The molecule has 9 heteroatoms. The summed E-state index contributed by atoms with van der Waals surface area (Å²) in [5.74, 6) is -1.44. The van der Waals surface area contributed by atoms with E-state index in [1.54, 1.807) is 13.0 Å². The van der Waals surface area contributed by atoms with E-state index in [4.69, 9.17) is 4.74 Å². The molecular formula is C23H25N3O6. The first-order chi connectivity index (χ1) is 15.3. The predicted molar refractivity (Wildman–Crippen MR) is 118 cm³/mol. The minimum Gasteiger partial charge on any atom is -0.466 e. The molecule has 0 aliphatic heterocycles. The highest BCUT2D eigenvalue weighted by Gasteiger charge is 2.21. The van der Waals surface area contributed by atoms with Crippen LogP contribution in [0.5, 0.6) is 0 Å². The molecule has 2 aromatic rings. The van der Waals surface area contributed by atoms with Gasteiger partial charge in [0.25, 0.3) is 11.6 Å². The van der Waals surface area contributed by atoms with Crippen molar-refractivity contribution >= 4 is 29.5 Å². The minimum atomic E-state index is -0.543. The monoisotopic (exact) mass is 439 g/mol. The molecule has 0 heterocycles. The van der Waals surface area contributed by atoms with E-state index in [1.165, 1.54) is 36.1 Å². The Bertz CT molecular complexity index is 1000. The van der Waals surface area contributed by atoms with E-state index < -0.39 is 22.7 Å². The van der Waals surface area contributed by atoms with E-state index in [2.05, 4.69) is 5.32 Å². The van der Waals surface area contributed by atoms with Gasteiger partial charge in [-0.3, -0.25) is 24.5 Å². The molecule has 0 aliphatic rings. The van der Waals surface area contributed by atoms with Crippen LogP contribution in [-0.4, -0.2) is 40.8 Å². The van der Waals surface area contributed by atoms with E-state index in [-0.39, 0.29) is 37.5 Å². The lowest BCUT2D eigenvalue weighted by molar-refractivity contribution is -0.384. The van der Waals surface area contributed by atoms with E-state index >= 15 is 0 Å². The number of benzene rings is 2. The number of esters is 1. The highest BCUT2D eigenvalue weighted by molar-refractivity contribution is 6.01. The number of rotatable bonds is 10. The molecule has 1 N–H and O–H groups in total. The zero-order valence-corrected chi connectivity index (χ0v) is 17.9. The summed E-state index contributed by atoms with van der Waals surface area (Å²) in [4.78, 5) is 48.9. The SMILES string of the molecule is CCOC(=O)CCN(Cc1ccccc1)C(=O)/C(=C\c1cccc([N+](=O)[O-])c1)NC(C)=O. The Labute approximate surface area is 185 Å². The average molecular weight is 439 g/mol. The molecule has 0 atom stereocenters. The van der Waals surface area contributed by atoms with Crippen LogP contribution in [0.2, 0.25) is 0 Å². The molecule has 9 nitrogen and oxygen atoms in total. The second-order valence-electron chi connectivity index (χ2n) is 6.86. The van der Waals surface area contributed by atoms with Crippen molar-refractivity contribution in [3.63, 3.8) is 0 Å². The maximum atomic E-state index is 13.3. The quantitative estimate of drug-likeness (QED) is 0.263. The molecule has 0 aliphatic carbocycles. The highest BCUT2D eigenvalue weighted by atomic mass is 16.6. The second-order valence-corrected chi connectivity index (χ2v) is 6.86. The summed E-state index contributed by atoms with van der Waals surface area (Å²) in [7, 11) is 0. The van der Waals surface area contributed by atoms with E-state index in [0.29, 0.717) is 5.56 Å². The maximum Gasteiger partial charge on any atom is 0.307 e. The van der Waals surface area contributed by atoms with Crippen molar-refractivity contribution in [1.29, 1.82) is 0 Å². The lowest BCUT2D eigenvalue weighted by Gasteiger charge is -2.24. The van der Waals surface area contributed by atoms with Crippen molar-refractivity contribution < 1.29 is 24.0 Å². The third-order valence-corrected chi connectivity index (χ3v) is 4.33. The number of nitrogens with one attached hydrogen (secondary N) is 1. The van der Waals surface area contributed by atoms with Gasteiger partial charge in [-0.25, -0.2) is 0 Å². The summed E-state index contributed by atoms with van der Waals surface area (Å²) in [6.45, 7) is 3.45. The van der Waals surface area contributed by atoms with E-state index in [1.807, 2.05) is 30.3 Å². The topological polar surface area (TPSA) is 119 Å². The Morgan fingerprint density at radius 2 is 1.84 bits per heavy atom. The summed E-state index contributed by atoms with van der Waals surface area (Å²) < 4.78 is 4.95. The number of nitrogens with zero attached hydrogens (tertiary/aromatic N) is 2. The summed E-state index contributed by atoms with van der Waals surface area (Å²) in [6, 6.07) is 14.9. The van der Waals surface area contributed by atoms with Crippen LogP contribution in [0, 0.1) is 10.1 Å². The number of carbonyl (C=O) groups excluding carboxylic acids is 3. The number of nitro groups is 1. The first-order valence-electron chi connectivity index (χ1n) is 10.0. The lowest BCUT2D eigenvalue weighted by Crippen LogP contribution is -2.38. The number of amides is 2. The first kappa shape index (κ1) is 24.3. The standard InChI is InChI=1S/C23H25N3O6/c1-3-32-22(28)12-13-25(16-18-8-5-4-6-9-18)23(29)21(24-17(2)27)15-19-10-7-11-20(14-19)26(30)31/h4-11,14-15H,3,12-13,16H2,1-2H3,(H,24,27)/b21-15+. The smallest absolute Gasteiger partial charge is 0.307 e. The van der Waals surface area contributed by atoms with E-state index in [9.17, 15) is 24.5 Å². The summed E-state index contributed by atoms with van der Waals surface area (Å²) >= 11 is 0. The molecule has 2 aromatic carbocycles. The summed E-state index contributed by atoms with van der Waals surface area (Å²) in [5, 5.41) is 13.6. The summed E-state index contributed by atoms with van der Waals surface area (Å²) in [6.07, 6.45) is 1.36. The van der Waals surface area contributed by atoms with Crippen LogP contribution in [0.4, 0.5) is 5.69 Å². The zero-order chi connectivity index (χ0) is 23.5. The van der Waals surface area contributed by atoms with Crippen molar-refractivity contribution in [3.8, 4) is 0 Å².